The van der Waals surface area contributed by atoms with E-state index in [4.69, 9.17) is 18.0 Å². The maximum Gasteiger partial charge on any atom is 0.194 e. The lowest BCUT2D eigenvalue weighted by atomic mass is 10.0. The molecule has 0 bridgehead atoms. The Morgan fingerprint density at radius 3 is 1.66 bits per heavy atom. The molecule has 196 valence electrons. The minimum atomic E-state index is 0.479. The first kappa shape index (κ1) is 26.6. The van der Waals surface area contributed by atoms with E-state index in [1.807, 2.05) is 103 Å². The molecule has 0 aliphatic rings. The van der Waals surface area contributed by atoms with E-state index < -0.39 is 0 Å². The number of rotatable bonds is 7. The van der Waals surface area contributed by atoms with Gasteiger partial charge in [-0.2, -0.15) is 5.26 Å². The second kappa shape index (κ2) is 12.2. The molecule has 41 heavy (non-hydrogen) atoms. The predicted molar refractivity (Wildman–Crippen MR) is 172 cm³/mol. The first-order valence-electron chi connectivity index (χ1n) is 13.0. The Morgan fingerprint density at radius 2 is 1.10 bits per heavy atom. The molecule has 0 aromatic heterocycles. The molecule has 0 aliphatic heterocycles. The van der Waals surface area contributed by atoms with E-state index in [1.165, 1.54) is 0 Å². The van der Waals surface area contributed by atoms with Crippen LogP contribution in [0.3, 0.4) is 0 Å². The fourth-order valence-electron chi connectivity index (χ4n) is 4.45. The van der Waals surface area contributed by atoms with Crippen molar-refractivity contribution in [1.29, 1.82) is 5.26 Å². The molecule has 0 heterocycles. The zero-order valence-electron chi connectivity index (χ0n) is 22.3. The molecule has 0 saturated heterocycles. The van der Waals surface area contributed by atoms with Gasteiger partial charge in [0, 0.05) is 28.4 Å². The van der Waals surface area contributed by atoms with Crippen molar-refractivity contribution < 1.29 is 0 Å². The predicted octanol–water partition coefficient (Wildman–Crippen LogP) is 9.08. The molecule has 5 heteroatoms. The Bertz CT molecular complexity index is 1790. The van der Waals surface area contributed by atoms with Crippen LogP contribution in [0.5, 0.6) is 0 Å². The quantitative estimate of drug-likeness (QED) is 0.125. The summed E-state index contributed by atoms with van der Waals surface area (Å²) < 4.78 is 0. The van der Waals surface area contributed by atoms with Crippen LogP contribution in [0.1, 0.15) is 27.8 Å². The average molecular weight is 530 g/mol. The number of para-hydroxylation sites is 1. The minimum Gasteiger partial charge on any atom is -0.399 e. The van der Waals surface area contributed by atoms with Crippen LogP contribution < -0.4 is 16.4 Å². The second-order valence-electron chi connectivity index (χ2n) is 9.41. The summed E-state index contributed by atoms with van der Waals surface area (Å²) in [4.78, 5) is 5.89. The van der Waals surface area contributed by atoms with E-state index in [2.05, 4.69) is 40.1 Å². The Labute approximate surface area is 240 Å². The summed E-state index contributed by atoms with van der Waals surface area (Å²) >= 11 is 0. The molecule has 0 spiro atoms. The van der Waals surface area contributed by atoms with Gasteiger partial charge in [-0.25, -0.2) is 4.85 Å². The number of hydrogen-bond donors (Lipinski definition) is 2. The maximum atomic E-state index is 9.80. The molecule has 5 aromatic rings. The largest absolute Gasteiger partial charge is 0.399 e. The molecule has 0 aliphatic carbocycles. The van der Waals surface area contributed by atoms with E-state index in [0.717, 1.165) is 28.2 Å². The van der Waals surface area contributed by atoms with E-state index in [-0.39, 0.29) is 0 Å². The van der Waals surface area contributed by atoms with Crippen LogP contribution in [0.15, 0.2) is 115 Å². The van der Waals surface area contributed by atoms with Crippen LogP contribution in [0.25, 0.3) is 29.1 Å². The Balaban J connectivity index is 1.41. The fourth-order valence-corrected chi connectivity index (χ4v) is 4.45. The lowest BCUT2D eigenvalue weighted by Crippen LogP contribution is -2.09. The van der Waals surface area contributed by atoms with E-state index in [0.29, 0.717) is 33.8 Å². The van der Waals surface area contributed by atoms with Crippen molar-refractivity contribution >= 4 is 58.4 Å². The minimum absolute atomic E-state index is 0.479. The van der Waals surface area contributed by atoms with Gasteiger partial charge in [0.25, 0.3) is 0 Å². The van der Waals surface area contributed by atoms with Crippen LogP contribution in [0.4, 0.5) is 34.1 Å². The van der Waals surface area contributed by atoms with Crippen LogP contribution >= 0.6 is 0 Å². The van der Waals surface area contributed by atoms with Crippen molar-refractivity contribution in [3.63, 3.8) is 0 Å². The van der Waals surface area contributed by atoms with E-state index >= 15 is 0 Å². The summed E-state index contributed by atoms with van der Waals surface area (Å²) in [5.41, 5.74) is 20.4. The first-order valence-corrected chi connectivity index (χ1v) is 13.0. The van der Waals surface area contributed by atoms with Gasteiger partial charge in [-0.05, 0) is 95.1 Å². The molecule has 0 amide bonds. The van der Waals surface area contributed by atoms with Gasteiger partial charge >= 0.3 is 0 Å². The molecule has 0 atom stereocenters. The number of benzene rings is 5. The number of nitrogens with two attached hydrogens (primary N) is 2. The van der Waals surface area contributed by atoms with Crippen LogP contribution in [0, 0.1) is 17.9 Å². The van der Waals surface area contributed by atoms with Gasteiger partial charge in [0.05, 0.1) is 18.2 Å². The Hall–Kier alpha value is -6.04. The van der Waals surface area contributed by atoms with Crippen molar-refractivity contribution in [2.24, 2.45) is 0 Å². The van der Waals surface area contributed by atoms with Crippen LogP contribution in [0.2, 0.25) is 0 Å². The third-order valence-electron chi connectivity index (χ3n) is 6.60. The second-order valence-corrected chi connectivity index (χ2v) is 9.41. The zero-order valence-corrected chi connectivity index (χ0v) is 22.3. The summed E-state index contributed by atoms with van der Waals surface area (Å²) in [6.45, 7) is 7.72. The number of nitrogens with zero attached hydrogens (tertiary/aromatic N) is 3. The van der Waals surface area contributed by atoms with Crippen molar-refractivity contribution in [3.8, 4) is 6.07 Å². The number of nitrogen functional groups attached to an aromatic ring is 2. The van der Waals surface area contributed by atoms with Gasteiger partial charge in [0.15, 0.2) is 5.69 Å². The summed E-state index contributed by atoms with van der Waals surface area (Å²) in [6, 6.07) is 39.4. The maximum absolute atomic E-state index is 9.80. The Kier molecular flexibility index (Phi) is 7.91. The van der Waals surface area contributed by atoms with E-state index in [1.54, 1.807) is 12.1 Å². The molecule has 5 rings (SSSR count). The molecule has 4 N–H and O–H groups in total. The molecule has 0 saturated carbocycles. The summed E-state index contributed by atoms with van der Waals surface area (Å²) in [5, 5.41) is 9.80. The molecule has 5 nitrogen and oxygen atoms in total. The van der Waals surface area contributed by atoms with Gasteiger partial charge < -0.3 is 16.4 Å². The average Bonchev–Trinajstić information content (AvgIpc) is 3.02. The Morgan fingerprint density at radius 1 is 0.610 bits per heavy atom. The summed E-state index contributed by atoms with van der Waals surface area (Å²) in [7, 11) is 0. The van der Waals surface area contributed by atoms with Crippen molar-refractivity contribution in [3.05, 3.63) is 154 Å². The van der Waals surface area contributed by atoms with Gasteiger partial charge in [0.1, 0.15) is 0 Å². The monoisotopic (exact) mass is 529 g/mol. The van der Waals surface area contributed by atoms with Crippen LogP contribution in [-0.4, -0.2) is 0 Å². The first-order chi connectivity index (χ1) is 20.0. The van der Waals surface area contributed by atoms with Gasteiger partial charge in [-0.1, -0.05) is 66.8 Å². The fraction of sp³-hybridized carbons (Fsp3) is 0. The lowest BCUT2D eigenvalue weighted by Gasteiger charge is -2.25. The van der Waals surface area contributed by atoms with E-state index in [9.17, 15) is 5.26 Å². The van der Waals surface area contributed by atoms with Crippen molar-refractivity contribution in [1.82, 2.24) is 0 Å². The van der Waals surface area contributed by atoms with Crippen molar-refractivity contribution in [2.45, 2.75) is 0 Å². The topological polar surface area (TPSA) is 83.4 Å². The normalized spacial score (nSPS) is 10.9. The van der Waals surface area contributed by atoms with Gasteiger partial charge in [0.2, 0.25) is 0 Å². The summed E-state index contributed by atoms with van der Waals surface area (Å²) in [5.74, 6) is 0. The standard InChI is InChI=1S/C36H27N5/c1-40-36-24-28(13-7-26-9-15-31(38)16-10-26)30(25-37)23-29(36)14-8-27-11-19-34(20-12-27)41(33-5-3-2-4-6-33)35-21-17-32(39)18-22-35/h2-24H,38-39H2/b13-7+,14-8+. The third kappa shape index (κ3) is 6.34. The molecular formula is C36H27N5. The highest BCUT2D eigenvalue weighted by atomic mass is 15.1. The SMILES string of the molecule is [C-]#[N+]c1cc(/C=C/c2ccc(N)cc2)c(C#N)cc1/C=C/c1ccc(N(c2ccccc2)c2ccc(N)cc2)cc1. The number of nitriles is 1. The van der Waals surface area contributed by atoms with Crippen molar-refractivity contribution in [2.75, 3.05) is 16.4 Å². The molecule has 0 radical (unpaired) electrons. The third-order valence-corrected chi connectivity index (χ3v) is 6.60. The highest BCUT2D eigenvalue weighted by molar-refractivity contribution is 5.83. The molecule has 0 fully saturated rings. The molecular weight excluding hydrogens is 502 g/mol. The van der Waals surface area contributed by atoms with Gasteiger partial charge in [-0.3, -0.25) is 0 Å². The lowest BCUT2D eigenvalue weighted by molar-refractivity contribution is 1.28. The highest BCUT2D eigenvalue weighted by Crippen LogP contribution is 2.35. The number of anilines is 5. The van der Waals surface area contributed by atoms with Crippen LogP contribution in [-0.2, 0) is 0 Å². The number of hydrogen-bond acceptors (Lipinski definition) is 4. The smallest absolute Gasteiger partial charge is 0.194 e. The zero-order chi connectivity index (χ0) is 28.6. The highest BCUT2D eigenvalue weighted by Gasteiger charge is 2.12. The molecule has 5 aromatic carbocycles. The molecule has 0 unspecified atom stereocenters. The van der Waals surface area contributed by atoms with Gasteiger partial charge in [-0.15, -0.1) is 0 Å². The summed E-state index contributed by atoms with van der Waals surface area (Å²) in [6.07, 6.45) is 7.59.